The van der Waals surface area contributed by atoms with Gasteiger partial charge in [-0.05, 0) is 94.9 Å². The molecule has 0 bridgehead atoms. The Labute approximate surface area is 228 Å². The zero-order valence-corrected chi connectivity index (χ0v) is 23.0. The lowest BCUT2D eigenvalue weighted by Crippen LogP contribution is -2.54. The second kappa shape index (κ2) is 10.8. The quantitative estimate of drug-likeness (QED) is 0.273. The number of carbonyl (C=O) groups excluding carboxylic acids is 3. The summed E-state index contributed by atoms with van der Waals surface area (Å²) in [6, 6.07) is 13.5. The van der Waals surface area contributed by atoms with Crippen molar-refractivity contribution in [2.45, 2.75) is 27.4 Å². The van der Waals surface area contributed by atoms with Crippen molar-refractivity contribution >= 4 is 57.1 Å². The molecule has 4 rings (SSSR count). The van der Waals surface area contributed by atoms with Crippen LogP contribution in [-0.4, -0.2) is 25.0 Å². The Bertz CT molecular complexity index is 1470. The lowest BCUT2D eigenvalue weighted by atomic mass is 10.1. The van der Waals surface area contributed by atoms with Gasteiger partial charge in [0.05, 0.1) is 17.3 Å². The lowest BCUT2D eigenvalue weighted by molar-refractivity contribution is -0.122. The molecule has 1 aliphatic rings. The van der Waals surface area contributed by atoms with Gasteiger partial charge in [0.25, 0.3) is 11.8 Å². The van der Waals surface area contributed by atoms with Crippen LogP contribution < -0.4 is 19.7 Å². The minimum Gasteiger partial charge on any atom is -0.493 e. The summed E-state index contributed by atoms with van der Waals surface area (Å²) in [5.74, 6) is -0.665. The van der Waals surface area contributed by atoms with Crippen LogP contribution in [0, 0.1) is 20.8 Å². The lowest BCUT2D eigenvalue weighted by Gasteiger charge is -2.27. The topological polar surface area (TPSA) is 84.9 Å². The van der Waals surface area contributed by atoms with Crippen LogP contribution in [0.3, 0.4) is 0 Å². The third-order valence-corrected chi connectivity index (χ3v) is 7.10. The summed E-state index contributed by atoms with van der Waals surface area (Å²) in [6.07, 6.45) is 1.40. The molecule has 3 aromatic rings. The molecule has 0 aliphatic carbocycles. The van der Waals surface area contributed by atoms with Crippen molar-refractivity contribution in [3.63, 3.8) is 0 Å². The number of imide groups is 2. The van der Waals surface area contributed by atoms with Crippen molar-refractivity contribution in [3.8, 4) is 11.5 Å². The molecule has 3 aromatic carbocycles. The van der Waals surface area contributed by atoms with Crippen molar-refractivity contribution in [3.05, 3.63) is 91.4 Å². The maximum Gasteiger partial charge on any atom is 0.335 e. The standard InChI is InChI=1S/C28H24BrClN2O5/c1-15-8-9-18(10-16(15)2)14-37-25-21(29)12-19(13-24(25)36-4)11-20-26(33)31-28(35)32(27(20)34)23-7-5-6-22(30)17(23)3/h5-13H,14H2,1-4H3,(H,31,33,35)/b20-11+. The summed E-state index contributed by atoms with van der Waals surface area (Å²) in [4.78, 5) is 39.4. The van der Waals surface area contributed by atoms with Crippen LogP contribution in [0.4, 0.5) is 10.5 Å². The van der Waals surface area contributed by atoms with Crippen molar-refractivity contribution in [2.24, 2.45) is 0 Å². The van der Waals surface area contributed by atoms with Gasteiger partial charge in [0.2, 0.25) is 0 Å². The first-order chi connectivity index (χ1) is 17.6. The largest absolute Gasteiger partial charge is 0.493 e. The van der Waals surface area contributed by atoms with Gasteiger partial charge in [0.15, 0.2) is 11.5 Å². The van der Waals surface area contributed by atoms with E-state index in [9.17, 15) is 14.4 Å². The van der Waals surface area contributed by atoms with Crippen molar-refractivity contribution in [1.29, 1.82) is 0 Å². The normalized spacial score (nSPS) is 14.7. The Morgan fingerprint density at radius 1 is 1.03 bits per heavy atom. The average Bonchev–Trinajstić information content (AvgIpc) is 2.85. The highest BCUT2D eigenvalue weighted by atomic mass is 79.9. The number of aryl methyl sites for hydroxylation is 2. The smallest absolute Gasteiger partial charge is 0.335 e. The van der Waals surface area contributed by atoms with Crippen molar-refractivity contribution in [2.75, 3.05) is 12.0 Å². The molecule has 0 radical (unpaired) electrons. The van der Waals surface area contributed by atoms with Gasteiger partial charge in [-0.25, -0.2) is 9.69 Å². The van der Waals surface area contributed by atoms with Crippen LogP contribution in [-0.2, 0) is 16.2 Å². The Kier molecular flexibility index (Phi) is 7.71. The van der Waals surface area contributed by atoms with Gasteiger partial charge < -0.3 is 9.47 Å². The van der Waals surface area contributed by atoms with E-state index >= 15 is 0 Å². The van der Waals surface area contributed by atoms with E-state index in [1.807, 2.05) is 19.1 Å². The van der Waals surface area contributed by atoms with Gasteiger partial charge >= 0.3 is 6.03 Å². The second-order valence-corrected chi connectivity index (χ2v) is 9.84. The number of hydrogen-bond acceptors (Lipinski definition) is 5. The highest BCUT2D eigenvalue weighted by Gasteiger charge is 2.37. The monoisotopic (exact) mass is 582 g/mol. The third kappa shape index (κ3) is 5.40. The fourth-order valence-electron chi connectivity index (χ4n) is 3.89. The highest BCUT2D eigenvalue weighted by Crippen LogP contribution is 2.38. The van der Waals surface area contributed by atoms with Gasteiger partial charge in [-0.1, -0.05) is 35.9 Å². The number of nitrogens with zero attached hydrogens (tertiary/aromatic N) is 1. The molecule has 0 unspecified atom stereocenters. The SMILES string of the molecule is COc1cc(/C=C2\C(=O)NC(=O)N(c3cccc(Cl)c3C)C2=O)cc(Br)c1OCc1ccc(C)c(C)c1. The van der Waals surface area contributed by atoms with E-state index in [-0.39, 0.29) is 5.57 Å². The summed E-state index contributed by atoms with van der Waals surface area (Å²) in [5, 5.41) is 2.62. The average molecular weight is 584 g/mol. The predicted molar refractivity (Wildman–Crippen MR) is 146 cm³/mol. The Balaban J connectivity index is 1.65. The van der Waals surface area contributed by atoms with E-state index in [2.05, 4.69) is 34.2 Å². The van der Waals surface area contributed by atoms with Crippen LogP contribution in [0.15, 0.2) is 58.6 Å². The summed E-state index contributed by atoms with van der Waals surface area (Å²) < 4.78 is 12.1. The molecule has 0 atom stereocenters. The maximum absolute atomic E-state index is 13.3. The number of barbiturate groups is 1. The summed E-state index contributed by atoms with van der Waals surface area (Å²) in [7, 11) is 1.50. The number of nitrogens with one attached hydrogen (secondary N) is 1. The Hall–Kier alpha value is -3.62. The minimum absolute atomic E-state index is 0.211. The molecule has 9 heteroatoms. The van der Waals surface area contributed by atoms with E-state index in [0.29, 0.717) is 44.4 Å². The third-order valence-electron chi connectivity index (χ3n) is 6.10. The molecular weight excluding hydrogens is 560 g/mol. The van der Waals surface area contributed by atoms with E-state index in [1.54, 1.807) is 37.3 Å². The first-order valence-electron chi connectivity index (χ1n) is 11.3. The van der Waals surface area contributed by atoms with E-state index in [0.717, 1.165) is 10.5 Å². The number of methoxy groups -OCH3 is 1. The second-order valence-electron chi connectivity index (χ2n) is 8.58. The van der Waals surface area contributed by atoms with Crippen molar-refractivity contribution in [1.82, 2.24) is 5.32 Å². The van der Waals surface area contributed by atoms with Crippen LogP contribution in [0.25, 0.3) is 6.08 Å². The number of ether oxygens (including phenoxy) is 2. The van der Waals surface area contributed by atoms with Crippen LogP contribution in [0.5, 0.6) is 11.5 Å². The number of rotatable bonds is 6. The molecule has 0 spiro atoms. The predicted octanol–water partition coefficient (Wildman–Crippen LogP) is 6.28. The molecule has 4 amide bonds. The van der Waals surface area contributed by atoms with Crippen LogP contribution in [0.2, 0.25) is 5.02 Å². The van der Waals surface area contributed by atoms with Crippen molar-refractivity contribution < 1.29 is 23.9 Å². The first-order valence-corrected chi connectivity index (χ1v) is 12.5. The maximum atomic E-state index is 13.3. The fraction of sp³-hybridized carbons (Fsp3) is 0.179. The molecule has 37 heavy (non-hydrogen) atoms. The van der Waals surface area contributed by atoms with Gasteiger partial charge in [-0.3, -0.25) is 14.9 Å². The number of amides is 4. The molecule has 0 saturated carbocycles. The van der Waals surface area contributed by atoms with Gasteiger partial charge in [-0.15, -0.1) is 0 Å². The van der Waals surface area contributed by atoms with Gasteiger partial charge in [0.1, 0.15) is 12.2 Å². The highest BCUT2D eigenvalue weighted by molar-refractivity contribution is 9.10. The summed E-state index contributed by atoms with van der Waals surface area (Å²) in [5.41, 5.74) is 4.50. The zero-order chi connectivity index (χ0) is 26.9. The number of halogens is 2. The summed E-state index contributed by atoms with van der Waals surface area (Å²) in [6.45, 7) is 6.11. The first kappa shape index (κ1) is 26.4. The minimum atomic E-state index is -0.841. The fourth-order valence-corrected chi connectivity index (χ4v) is 4.64. The number of benzene rings is 3. The van der Waals surface area contributed by atoms with Crippen LogP contribution >= 0.6 is 27.5 Å². The van der Waals surface area contributed by atoms with Gasteiger partial charge in [-0.2, -0.15) is 0 Å². The zero-order valence-electron chi connectivity index (χ0n) is 20.6. The number of anilines is 1. The molecule has 1 N–H and O–H groups in total. The number of carbonyl (C=O) groups is 3. The van der Waals surface area contributed by atoms with Gasteiger partial charge in [0, 0.05) is 5.02 Å². The molecule has 1 aliphatic heterocycles. The van der Waals surface area contributed by atoms with E-state index in [4.69, 9.17) is 21.1 Å². The number of urea groups is 1. The van der Waals surface area contributed by atoms with Crippen LogP contribution in [0.1, 0.15) is 27.8 Å². The molecule has 1 saturated heterocycles. The molecule has 1 heterocycles. The molecular formula is C28H24BrClN2O5. The van der Waals surface area contributed by atoms with E-state index < -0.39 is 17.8 Å². The summed E-state index contributed by atoms with van der Waals surface area (Å²) >= 11 is 9.70. The Morgan fingerprint density at radius 2 is 1.78 bits per heavy atom. The molecule has 190 valence electrons. The Morgan fingerprint density at radius 3 is 2.49 bits per heavy atom. The number of hydrogen-bond donors (Lipinski definition) is 1. The molecule has 7 nitrogen and oxygen atoms in total. The molecule has 0 aromatic heterocycles. The van der Waals surface area contributed by atoms with E-state index in [1.165, 1.54) is 24.3 Å². The molecule has 1 fully saturated rings.